The van der Waals surface area contributed by atoms with Crippen LogP contribution in [0.5, 0.6) is 0 Å². The minimum absolute atomic E-state index is 0.188. The molecule has 0 aromatic carbocycles. The van der Waals surface area contributed by atoms with Crippen molar-refractivity contribution in [1.29, 1.82) is 0 Å². The Hall–Kier alpha value is -1.18. The summed E-state index contributed by atoms with van der Waals surface area (Å²) in [6.07, 6.45) is 1.36. The normalized spacial score (nSPS) is 11.8. The molecular weight excluding hydrogens is 264 g/mol. The standard InChI is InChI=1S/C12H22N4O2S/c1-4-13-12-7-6-11(10-14-12)19(17,18)15-8-9-16(3)5-2/h6-7,10,15H,4-5,8-9H2,1-3H3,(H,13,14). The van der Waals surface area contributed by atoms with Crippen molar-refractivity contribution in [2.45, 2.75) is 18.7 Å². The third kappa shape index (κ3) is 5.14. The molecule has 19 heavy (non-hydrogen) atoms. The van der Waals surface area contributed by atoms with Crippen LogP contribution in [0.15, 0.2) is 23.2 Å². The van der Waals surface area contributed by atoms with Gasteiger partial charge in [-0.3, -0.25) is 0 Å². The van der Waals surface area contributed by atoms with E-state index in [0.717, 1.165) is 13.1 Å². The van der Waals surface area contributed by atoms with Crippen LogP contribution >= 0.6 is 0 Å². The van der Waals surface area contributed by atoms with Crippen molar-refractivity contribution < 1.29 is 8.42 Å². The van der Waals surface area contributed by atoms with Gasteiger partial charge in [0.2, 0.25) is 10.0 Å². The molecule has 0 bridgehead atoms. The molecule has 6 nitrogen and oxygen atoms in total. The zero-order valence-electron chi connectivity index (χ0n) is 11.7. The Kier molecular flexibility index (Phi) is 6.20. The first-order valence-corrected chi connectivity index (χ1v) is 7.86. The lowest BCUT2D eigenvalue weighted by Crippen LogP contribution is -2.32. The van der Waals surface area contributed by atoms with E-state index in [4.69, 9.17) is 0 Å². The Labute approximate surface area is 115 Å². The number of likely N-dealkylation sites (N-methyl/N-ethyl adjacent to an activating group) is 1. The maximum atomic E-state index is 12.0. The molecule has 0 aliphatic heterocycles. The number of pyridine rings is 1. The minimum Gasteiger partial charge on any atom is -0.370 e. The molecular formula is C12H22N4O2S. The number of nitrogens with one attached hydrogen (secondary N) is 2. The van der Waals surface area contributed by atoms with Crippen LogP contribution in [0.1, 0.15) is 13.8 Å². The molecule has 0 aliphatic carbocycles. The Balaban J connectivity index is 2.61. The van der Waals surface area contributed by atoms with E-state index in [1.165, 1.54) is 6.20 Å². The number of rotatable bonds is 8. The lowest BCUT2D eigenvalue weighted by Gasteiger charge is -2.14. The highest BCUT2D eigenvalue weighted by Gasteiger charge is 2.13. The molecule has 2 N–H and O–H groups in total. The van der Waals surface area contributed by atoms with Crippen molar-refractivity contribution in [3.8, 4) is 0 Å². The summed E-state index contributed by atoms with van der Waals surface area (Å²) < 4.78 is 26.5. The monoisotopic (exact) mass is 286 g/mol. The molecule has 0 saturated heterocycles. The molecule has 0 atom stereocenters. The maximum absolute atomic E-state index is 12.0. The number of aromatic nitrogens is 1. The molecule has 0 aliphatic rings. The molecule has 0 spiro atoms. The minimum atomic E-state index is -3.46. The van der Waals surface area contributed by atoms with Crippen LogP contribution in [0.25, 0.3) is 0 Å². The summed E-state index contributed by atoms with van der Waals surface area (Å²) in [5.41, 5.74) is 0. The molecule has 0 radical (unpaired) electrons. The van der Waals surface area contributed by atoms with Crippen LogP contribution in [0.4, 0.5) is 5.82 Å². The lowest BCUT2D eigenvalue weighted by molar-refractivity contribution is 0.358. The first kappa shape index (κ1) is 15.9. The molecule has 1 heterocycles. The SMILES string of the molecule is CCNc1ccc(S(=O)(=O)NCCN(C)CC)cn1. The van der Waals surface area contributed by atoms with E-state index in [1.807, 2.05) is 25.8 Å². The third-order valence-electron chi connectivity index (χ3n) is 2.73. The van der Waals surface area contributed by atoms with Gasteiger partial charge in [0.05, 0.1) is 0 Å². The van der Waals surface area contributed by atoms with Crippen molar-refractivity contribution in [1.82, 2.24) is 14.6 Å². The van der Waals surface area contributed by atoms with Crippen molar-refractivity contribution in [3.63, 3.8) is 0 Å². The summed E-state index contributed by atoms with van der Waals surface area (Å²) >= 11 is 0. The summed E-state index contributed by atoms with van der Waals surface area (Å²) in [6, 6.07) is 3.22. The lowest BCUT2D eigenvalue weighted by atomic mass is 10.4. The summed E-state index contributed by atoms with van der Waals surface area (Å²) in [4.78, 5) is 6.28. The van der Waals surface area contributed by atoms with Crippen LogP contribution in [0.2, 0.25) is 0 Å². The molecule has 7 heteroatoms. The van der Waals surface area contributed by atoms with Gasteiger partial charge in [0.1, 0.15) is 10.7 Å². The first-order valence-electron chi connectivity index (χ1n) is 6.37. The van der Waals surface area contributed by atoms with Crippen molar-refractivity contribution in [2.75, 3.05) is 38.5 Å². The molecule has 1 rings (SSSR count). The molecule has 1 aromatic rings. The van der Waals surface area contributed by atoms with E-state index in [2.05, 4.69) is 15.0 Å². The number of nitrogens with zero attached hydrogens (tertiary/aromatic N) is 2. The van der Waals surface area contributed by atoms with Crippen LogP contribution in [-0.2, 0) is 10.0 Å². The highest BCUT2D eigenvalue weighted by Crippen LogP contribution is 2.10. The fraction of sp³-hybridized carbons (Fsp3) is 0.583. The zero-order chi connectivity index (χ0) is 14.3. The Morgan fingerprint density at radius 2 is 2.05 bits per heavy atom. The van der Waals surface area contributed by atoms with Gasteiger partial charge in [-0.1, -0.05) is 6.92 Å². The second kappa shape index (κ2) is 7.42. The van der Waals surface area contributed by atoms with Crippen molar-refractivity contribution >= 4 is 15.8 Å². The molecule has 0 amide bonds. The van der Waals surface area contributed by atoms with E-state index in [9.17, 15) is 8.42 Å². The van der Waals surface area contributed by atoms with E-state index in [-0.39, 0.29) is 4.90 Å². The number of hydrogen-bond donors (Lipinski definition) is 2. The van der Waals surface area contributed by atoms with Gasteiger partial charge in [-0.25, -0.2) is 18.1 Å². The fourth-order valence-electron chi connectivity index (χ4n) is 1.44. The van der Waals surface area contributed by atoms with Crippen LogP contribution in [-0.4, -0.2) is 51.5 Å². The fourth-order valence-corrected chi connectivity index (χ4v) is 2.40. The van der Waals surface area contributed by atoms with Crippen LogP contribution in [0, 0.1) is 0 Å². The van der Waals surface area contributed by atoms with Gasteiger partial charge >= 0.3 is 0 Å². The highest BCUT2D eigenvalue weighted by atomic mass is 32.2. The van der Waals surface area contributed by atoms with Crippen molar-refractivity contribution in [2.24, 2.45) is 0 Å². The van der Waals surface area contributed by atoms with Crippen LogP contribution in [0.3, 0.4) is 0 Å². The predicted octanol–water partition coefficient (Wildman–Crippen LogP) is 0.743. The topological polar surface area (TPSA) is 74.3 Å². The average molecular weight is 286 g/mol. The number of sulfonamides is 1. The summed E-state index contributed by atoms with van der Waals surface area (Å²) in [5, 5.41) is 3.02. The largest absolute Gasteiger partial charge is 0.370 e. The Bertz CT molecular complexity index is 473. The second-order valence-electron chi connectivity index (χ2n) is 4.20. The number of anilines is 1. The summed E-state index contributed by atoms with van der Waals surface area (Å²) in [7, 11) is -1.52. The zero-order valence-corrected chi connectivity index (χ0v) is 12.5. The summed E-state index contributed by atoms with van der Waals surface area (Å²) in [6.45, 7) is 6.69. The highest BCUT2D eigenvalue weighted by molar-refractivity contribution is 7.89. The third-order valence-corrected chi connectivity index (χ3v) is 4.18. The average Bonchev–Trinajstić information content (AvgIpc) is 2.39. The van der Waals surface area contributed by atoms with Gasteiger partial charge in [0, 0.05) is 25.8 Å². The number of hydrogen-bond acceptors (Lipinski definition) is 5. The first-order chi connectivity index (χ1) is 8.99. The summed E-state index contributed by atoms with van der Waals surface area (Å²) in [5.74, 6) is 0.673. The second-order valence-corrected chi connectivity index (χ2v) is 5.97. The van der Waals surface area contributed by atoms with E-state index in [1.54, 1.807) is 12.1 Å². The van der Waals surface area contributed by atoms with Gasteiger partial charge in [-0.15, -0.1) is 0 Å². The predicted molar refractivity (Wildman–Crippen MR) is 76.8 cm³/mol. The molecule has 0 unspecified atom stereocenters. The van der Waals surface area contributed by atoms with E-state index in [0.29, 0.717) is 18.9 Å². The molecule has 108 valence electrons. The van der Waals surface area contributed by atoms with E-state index < -0.39 is 10.0 Å². The van der Waals surface area contributed by atoms with Gasteiger partial charge in [0.25, 0.3) is 0 Å². The van der Waals surface area contributed by atoms with Gasteiger partial charge < -0.3 is 10.2 Å². The molecule has 0 saturated carbocycles. The maximum Gasteiger partial charge on any atom is 0.242 e. The van der Waals surface area contributed by atoms with Gasteiger partial charge in [-0.2, -0.15) is 0 Å². The quantitative estimate of drug-likeness (QED) is 0.737. The molecule has 1 aromatic heterocycles. The smallest absolute Gasteiger partial charge is 0.242 e. The Morgan fingerprint density at radius 1 is 1.32 bits per heavy atom. The van der Waals surface area contributed by atoms with Gasteiger partial charge in [-0.05, 0) is 32.6 Å². The van der Waals surface area contributed by atoms with Gasteiger partial charge in [0.15, 0.2) is 0 Å². The Morgan fingerprint density at radius 3 is 2.58 bits per heavy atom. The van der Waals surface area contributed by atoms with Crippen molar-refractivity contribution in [3.05, 3.63) is 18.3 Å². The van der Waals surface area contributed by atoms with E-state index >= 15 is 0 Å². The van der Waals surface area contributed by atoms with Crippen LogP contribution < -0.4 is 10.0 Å². The molecule has 0 fully saturated rings.